The average Bonchev–Trinajstić information content (AvgIpc) is 3.17. The van der Waals surface area contributed by atoms with E-state index in [-0.39, 0.29) is 0 Å². The first kappa shape index (κ1) is 20.0. The van der Waals surface area contributed by atoms with Gasteiger partial charge in [-0.05, 0) is 45.5 Å². The lowest BCUT2D eigenvalue weighted by Gasteiger charge is -2.40. The van der Waals surface area contributed by atoms with E-state index in [2.05, 4.69) is 40.8 Å². The van der Waals surface area contributed by atoms with Gasteiger partial charge in [0, 0.05) is 61.0 Å². The quantitative estimate of drug-likeness (QED) is 0.704. The predicted octanol–water partition coefficient (Wildman–Crippen LogP) is 3.13. The second kappa shape index (κ2) is 7.66. The van der Waals surface area contributed by atoms with E-state index in [1.165, 1.54) is 0 Å². The summed E-state index contributed by atoms with van der Waals surface area (Å²) in [7, 11) is 0. The molecule has 4 heterocycles. The third kappa shape index (κ3) is 3.58. The molecule has 1 N–H and O–H groups in total. The molecule has 1 unspecified atom stereocenters. The van der Waals surface area contributed by atoms with Crippen molar-refractivity contribution in [2.75, 3.05) is 31.1 Å². The summed E-state index contributed by atoms with van der Waals surface area (Å²) in [5.74, 6) is 0.705. The van der Waals surface area contributed by atoms with E-state index in [0.29, 0.717) is 23.1 Å². The summed E-state index contributed by atoms with van der Waals surface area (Å²) in [4.78, 5) is 14.1. The van der Waals surface area contributed by atoms with Crippen molar-refractivity contribution >= 4 is 23.0 Å². The maximum Gasteiger partial charge on any atom is 0.226 e. The van der Waals surface area contributed by atoms with Crippen LogP contribution >= 0.6 is 0 Å². The van der Waals surface area contributed by atoms with Gasteiger partial charge in [0.25, 0.3) is 0 Å². The van der Waals surface area contributed by atoms with Crippen LogP contribution in [0.4, 0.5) is 5.69 Å². The largest absolute Gasteiger partial charge is 0.460 e. The Morgan fingerprint density at radius 1 is 1.16 bits per heavy atom. The second-order valence-corrected chi connectivity index (χ2v) is 8.54. The number of ether oxygens (including phenoxy) is 1. The minimum Gasteiger partial charge on any atom is -0.460 e. The zero-order chi connectivity index (χ0) is 21.7. The van der Waals surface area contributed by atoms with Gasteiger partial charge < -0.3 is 19.1 Å². The lowest BCUT2D eigenvalue weighted by atomic mass is 10.0. The lowest BCUT2D eigenvalue weighted by Crippen LogP contribution is -2.51. The third-order valence-corrected chi connectivity index (χ3v) is 6.37. The first-order valence-electron chi connectivity index (χ1n) is 11.0. The predicted molar refractivity (Wildman–Crippen MR) is 122 cm³/mol. The van der Waals surface area contributed by atoms with Crippen molar-refractivity contribution in [3.05, 3.63) is 53.2 Å². The molecule has 0 bridgehead atoms. The number of hydrogen-bond acceptors (Lipinski definition) is 6. The van der Waals surface area contributed by atoms with E-state index in [9.17, 15) is 5.11 Å². The van der Waals surface area contributed by atoms with Crippen LogP contribution in [0, 0.1) is 13.8 Å². The van der Waals surface area contributed by atoms with Crippen molar-refractivity contribution in [1.82, 2.24) is 19.3 Å². The van der Waals surface area contributed by atoms with Crippen LogP contribution in [0.3, 0.4) is 0 Å². The summed E-state index contributed by atoms with van der Waals surface area (Å²) >= 11 is 0. The number of likely N-dealkylation sites (N-methyl/N-ethyl adjacent to an activating group) is 1. The zero-order valence-electron chi connectivity index (χ0n) is 18.5. The van der Waals surface area contributed by atoms with Crippen LogP contribution in [-0.2, 0) is 0 Å². The molecule has 7 heteroatoms. The minimum absolute atomic E-state index is 0.518. The van der Waals surface area contributed by atoms with E-state index in [0.717, 1.165) is 54.5 Å². The molecule has 7 nitrogen and oxygen atoms in total. The van der Waals surface area contributed by atoms with Gasteiger partial charge in [0.15, 0.2) is 5.65 Å². The number of piperazine rings is 1. The van der Waals surface area contributed by atoms with Crippen LogP contribution in [-0.4, -0.2) is 62.9 Å². The summed E-state index contributed by atoms with van der Waals surface area (Å²) in [5, 5.41) is 10.8. The maximum absolute atomic E-state index is 10.8. The monoisotopic (exact) mass is 419 g/mol. The Balaban J connectivity index is 1.45. The van der Waals surface area contributed by atoms with Gasteiger partial charge in [-0.1, -0.05) is 6.92 Å². The molecule has 0 saturated carbocycles. The molecule has 31 heavy (non-hydrogen) atoms. The van der Waals surface area contributed by atoms with Crippen LogP contribution in [0.2, 0.25) is 0 Å². The Kier molecular flexibility index (Phi) is 4.95. The molecular weight excluding hydrogens is 390 g/mol. The molecule has 2 atom stereocenters. The van der Waals surface area contributed by atoms with Crippen molar-refractivity contribution in [2.45, 2.75) is 40.0 Å². The van der Waals surface area contributed by atoms with E-state index in [4.69, 9.17) is 9.72 Å². The number of hydrogen-bond donors (Lipinski definition) is 1. The zero-order valence-corrected chi connectivity index (χ0v) is 18.5. The lowest BCUT2D eigenvalue weighted by molar-refractivity contribution is 0.0318. The Morgan fingerprint density at radius 3 is 2.77 bits per heavy atom. The fraction of sp³-hybridized carbons (Fsp3) is 0.417. The number of nitrogens with zero attached hydrogens (tertiary/aromatic N) is 5. The van der Waals surface area contributed by atoms with Crippen molar-refractivity contribution in [1.29, 1.82) is 0 Å². The number of aliphatic hydroxyl groups excluding tert-OH is 1. The highest BCUT2D eigenvalue weighted by molar-refractivity contribution is 5.86. The average molecular weight is 420 g/mol. The molecule has 1 fully saturated rings. The highest BCUT2D eigenvalue weighted by Crippen LogP contribution is 2.36. The summed E-state index contributed by atoms with van der Waals surface area (Å²) in [6, 6.07) is 6.77. The molecule has 0 spiro atoms. The highest BCUT2D eigenvalue weighted by Gasteiger charge is 2.27. The summed E-state index contributed by atoms with van der Waals surface area (Å²) < 4.78 is 7.89. The first-order valence-corrected chi connectivity index (χ1v) is 11.0. The Morgan fingerprint density at radius 2 is 2.00 bits per heavy atom. The first-order chi connectivity index (χ1) is 14.9. The summed E-state index contributed by atoms with van der Waals surface area (Å²) in [6.45, 7) is 12.5. The van der Waals surface area contributed by atoms with Crippen LogP contribution in [0.5, 0.6) is 5.75 Å². The molecule has 1 saturated heterocycles. The van der Waals surface area contributed by atoms with Gasteiger partial charge in [-0.15, -0.1) is 0 Å². The van der Waals surface area contributed by atoms with E-state index < -0.39 is 6.29 Å². The topological polar surface area (TPSA) is 66.1 Å². The molecule has 0 aliphatic carbocycles. The van der Waals surface area contributed by atoms with Gasteiger partial charge in [-0.3, -0.25) is 9.88 Å². The number of fused-ring (bicyclic) bond motifs is 2. The Labute approximate surface area is 182 Å². The molecule has 0 radical (unpaired) electrons. The number of imidazole rings is 1. The van der Waals surface area contributed by atoms with Crippen molar-refractivity contribution in [3.63, 3.8) is 0 Å². The fourth-order valence-electron chi connectivity index (χ4n) is 4.71. The van der Waals surface area contributed by atoms with Crippen LogP contribution in [0.1, 0.15) is 36.5 Å². The molecule has 0 amide bonds. The number of anilines is 1. The Bertz CT molecular complexity index is 1170. The number of rotatable bonds is 3. The second-order valence-electron chi connectivity index (χ2n) is 8.54. The summed E-state index contributed by atoms with van der Waals surface area (Å²) in [6.07, 6.45) is 4.78. The molecule has 3 aromatic rings. The van der Waals surface area contributed by atoms with Gasteiger partial charge in [0.1, 0.15) is 5.75 Å². The van der Waals surface area contributed by atoms with Gasteiger partial charge in [-0.25, -0.2) is 4.98 Å². The molecule has 162 valence electrons. The molecule has 5 rings (SSSR count). The molecule has 2 aliphatic heterocycles. The highest BCUT2D eigenvalue weighted by atomic mass is 16.6. The number of aliphatic hydroxyl groups is 1. The van der Waals surface area contributed by atoms with Crippen molar-refractivity contribution in [3.8, 4) is 5.75 Å². The van der Waals surface area contributed by atoms with E-state index >= 15 is 0 Å². The fourth-order valence-corrected chi connectivity index (χ4v) is 4.71. The maximum atomic E-state index is 10.8. The molecule has 1 aromatic carbocycles. The van der Waals surface area contributed by atoms with Crippen LogP contribution < -0.4 is 9.64 Å². The van der Waals surface area contributed by atoms with Gasteiger partial charge >= 0.3 is 0 Å². The molecule has 2 aromatic heterocycles. The van der Waals surface area contributed by atoms with E-state index in [1.807, 2.05) is 42.8 Å². The molecule has 2 aliphatic rings. The van der Waals surface area contributed by atoms with Crippen LogP contribution in [0.15, 0.2) is 30.6 Å². The van der Waals surface area contributed by atoms with Crippen molar-refractivity contribution < 1.29 is 9.84 Å². The number of aromatic nitrogens is 3. The number of benzene rings is 1. The van der Waals surface area contributed by atoms with E-state index in [1.54, 1.807) is 0 Å². The number of aryl methyl sites for hydroxylation is 2. The summed E-state index contributed by atoms with van der Waals surface area (Å²) in [5.41, 5.74) is 6.02. The molecular formula is C24H29N5O2. The minimum atomic E-state index is -1.06. The van der Waals surface area contributed by atoms with Crippen LogP contribution in [0.25, 0.3) is 17.3 Å². The standard InChI is InChI=1S/C24H29N5O2/c1-5-27-8-9-28(13-16(27)3)19-7-6-18-10-20(24(30)31-22(18)11-19)21-14-29-12-15(2)25-17(4)23(29)26-21/h6-7,10-12,14,16,24,30H,5,8-9,13H2,1-4H3/t16-,24?/m0/s1. The van der Waals surface area contributed by atoms with Gasteiger partial charge in [0.05, 0.1) is 17.1 Å². The van der Waals surface area contributed by atoms with Gasteiger partial charge in [0.2, 0.25) is 6.29 Å². The third-order valence-electron chi connectivity index (χ3n) is 6.37. The smallest absolute Gasteiger partial charge is 0.226 e. The SMILES string of the molecule is CCN1CCN(c2ccc3c(c2)OC(O)C(c2cn4cc(C)nc(C)c4n2)=C3)C[C@@H]1C. The van der Waals surface area contributed by atoms with Gasteiger partial charge in [-0.2, -0.15) is 0 Å². The normalized spacial score (nSPS) is 21.7. The Hall–Kier alpha value is -2.90. The van der Waals surface area contributed by atoms with Crippen molar-refractivity contribution in [2.24, 2.45) is 0 Å².